The van der Waals surface area contributed by atoms with Crippen LogP contribution in [0.3, 0.4) is 0 Å². The fourth-order valence-corrected chi connectivity index (χ4v) is 4.64. The smallest absolute Gasteiger partial charge is 0.303 e. The third-order valence-corrected chi connectivity index (χ3v) is 5.93. The van der Waals surface area contributed by atoms with E-state index < -0.39 is 5.97 Å². The molecule has 1 unspecified atom stereocenters. The maximum Gasteiger partial charge on any atom is 0.303 e. The molecular formula is C19H34O3S. The highest BCUT2D eigenvalue weighted by atomic mass is 32.2. The number of hydrogen-bond acceptors (Lipinski definition) is 3. The van der Waals surface area contributed by atoms with E-state index in [-0.39, 0.29) is 6.10 Å². The lowest BCUT2D eigenvalue weighted by Gasteiger charge is -2.16. The fraction of sp³-hybridized carbons (Fsp3) is 0.842. The Labute approximate surface area is 145 Å². The minimum absolute atomic E-state index is 0.274. The van der Waals surface area contributed by atoms with Crippen molar-refractivity contribution in [3.63, 3.8) is 0 Å². The summed E-state index contributed by atoms with van der Waals surface area (Å²) in [5, 5.41) is 18.6. The molecular weight excluding hydrogens is 308 g/mol. The van der Waals surface area contributed by atoms with Crippen LogP contribution in [-0.4, -0.2) is 33.8 Å². The molecule has 3 nitrogen and oxygen atoms in total. The van der Waals surface area contributed by atoms with E-state index in [1.54, 1.807) is 0 Å². The number of allylic oxidation sites excluding steroid dienone is 1. The lowest BCUT2D eigenvalue weighted by Crippen LogP contribution is -2.11. The van der Waals surface area contributed by atoms with Crippen molar-refractivity contribution in [2.45, 2.75) is 77.2 Å². The van der Waals surface area contributed by atoms with Crippen LogP contribution in [0, 0.1) is 11.8 Å². The SMILES string of the molecule is CCCCCC(O)/C=C/[C@@H]1CSC[C@@H]1CCCCCCC(=O)O. The van der Waals surface area contributed by atoms with E-state index in [9.17, 15) is 9.90 Å². The standard InChI is InChI=1S/C19H34O3S/c1-2-3-6-10-18(20)13-12-17-15-23-14-16(17)9-7-4-5-8-11-19(21)22/h12-13,16-18,20H,2-11,14-15H2,1H3,(H,21,22)/b13-12+/t16-,17+,18?/m0/s1. The van der Waals surface area contributed by atoms with Gasteiger partial charge in [-0.25, -0.2) is 0 Å². The molecule has 4 heteroatoms. The maximum absolute atomic E-state index is 10.5. The molecule has 1 aliphatic rings. The Morgan fingerprint density at radius 1 is 1.17 bits per heavy atom. The van der Waals surface area contributed by atoms with Gasteiger partial charge in [0, 0.05) is 6.42 Å². The zero-order chi connectivity index (χ0) is 16.9. The van der Waals surface area contributed by atoms with Gasteiger partial charge in [-0.2, -0.15) is 11.8 Å². The Bertz CT molecular complexity index is 344. The van der Waals surface area contributed by atoms with E-state index in [1.807, 2.05) is 17.8 Å². The van der Waals surface area contributed by atoms with E-state index in [0.717, 1.165) is 38.0 Å². The van der Waals surface area contributed by atoms with Gasteiger partial charge in [0.05, 0.1) is 6.10 Å². The van der Waals surface area contributed by atoms with Gasteiger partial charge in [0.2, 0.25) is 0 Å². The van der Waals surface area contributed by atoms with E-state index in [2.05, 4.69) is 13.0 Å². The van der Waals surface area contributed by atoms with Crippen LogP contribution in [0.5, 0.6) is 0 Å². The number of aliphatic hydroxyl groups is 1. The molecule has 134 valence electrons. The van der Waals surface area contributed by atoms with Crippen molar-refractivity contribution in [2.24, 2.45) is 11.8 Å². The van der Waals surface area contributed by atoms with E-state index >= 15 is 0 Å². The molecule has 0 spiro atoms. The van der Waals surface area contributed by atoms with Crippen molar-refractivity contribution in [3.8, 4) is 0 Å². The predicted octanol–water partition coefficient (Wildman–Crippen LogP) is 4.89. The second-order valence-electron chi connectivity index (χ2n) is 6.76. The Morgan fingerprint density at radius 2 is 1.96 bits per heavy atom. The molecule has 1 heterocycles. The summed E-state index contributed by atoms with van der Waals surface area (Å²) in [7, 11) is 0. The summed E-state index contributed by atoms with van der Waals surface area (Å²) in [6, 6.07) is 0. The number of rotatable bonds is 13. The number of carbonyl (C=O) groups is 1. The van der Waals surface area contributed by atoms with Gasteiger partial charge >= 0.3 is 5.97 Å². The topological polar surface area (TPSA) is 57.5 Å². The molecule has 23 heavy (non-hydrogen) atoms. The van der Waals surface area contributed by atoms with Gasteiger partial charge in [-0.3, -0.25) is 4.79 Å². The Balaban J connectivity index is 2.16. The van der Waals surface area contributed by atoms with Gasteiger partial charge in [-0.1, -0.05) is 57.6 Å². The molecule has 0 amide bonds. The zero-order valence-corrected chi connectivity index (χ0v) is 15.4. The minimum Gasteiger partial charge on any atom is -0.481 e. The third-order valence-electron chi connectivity index (χ3n) is 4.65. The number of carboxylic acid groups (broad SMARTS) is 1. The molecule has 1 rings (SSSR count). The normalized spacial score (nSPS) is 22.7. The highest BCUT2D eigenvalue weighted by Crippen LogP contribution is 2.34. The predicted molar refractivity (Wildman–Crippen MR) is 98.9 cm³/mol. The van der Waals surface area contributed by atoms with E-state index in [4.69, 9.17) is 5.11 Å². The van der Waals surface area contributed by atoms with Crippen LogP contribution in [0.15, 0.2) is 12.2 Å². The number of hydrogen-bond donors (Lipinski definition) is 2. The number of unbranched alkanes of at least 4 members (excludes halogenated alkanes) is 5. The fourth-order valence-electron chi connectivity index (χ4n) is 3.13. The number of aliphatic carboxylic acids is 1. The van der Waals surface area contributed by atoms with Crippen molar-refractivity contribution >= 4 is 17.7 Å². The average molecular weight is 343 g/mol. The van der Waals surface area contributed by atoms with E-state index in [0.29, 0.717) is 12.3 Å². The summed E-state index contributed by atoms with van der Waals surface area (Å²) in [6.07, 6.45) is 14.1. The molecule has 1 saturated heterocycles. The van der Waals surface area contributed by atoms with Crippen LogP contribution in [0.25, 0.3) is 0 Å². The van der Waals surface area contributed by atoms with E-state index in [1.165, 1.54) is 37.2 Å². The van der Waals surface area contributed by atoms with Gasteiger partial charge in [0.25, 0.3) is 0 Å². The lowest BCUT2D eigenvalue weighted by atomic mass is 9.90. The van der Waals surface area contributed by atoms with Crippen molar-refractivity contribution in [1.29, 1.82) is 0 Å². The van der Waals surface area contributed by atoms with Crippen LogP contribution >= 0.6 is 11.8 Å². The largest absolute Gasteiger partial charge is 0.481 e. The van der Waals surface area contributed by atoms with Gasteiger partial charge in [0.15, 0.2) is 0 Å². The van der Waals surface area contributed by atoms with Crippen molar-refractivity contribution < 1.29 is 15.0 Å². The quantitative estimate of drug-likeness (QED) is 0.370. The molecule has 0 aromatic rings. The lowest BCUT2D eigenvalue weighted by molar-refractivity contribution is -0.137. The Morgan fingerprint density at radius 3 is 2.70 bits per heavy atom. The summed E-state index contributed by atoms with van der Waals surface area (Å²) < 4.78 is 0. The Hall–Kier alpha value is -0.480. The zero-order valence-electron chi connectivity index (χ0n) is 14.6. The summed E-state index contributed by atoms with van der Waals surface area (Å²) in [5.74, 6) is 3.08. The van der Waals surface area contributed by atoms with Gasteiger partial charge in [0.1, 0.15) is 0 Å². The molecule has 0 aromatic carbocycles. The second-order valence-corrected chi connectivity index (χ2v) is 7.83. The molecule has 0 radical (unpaired) electrons. The first-order valence-electron chi connectivity index (χ1n) is 9.29. The molecule has 2 N–H and O–H groups in total. The molecule has 0 bridgehead atoms. The molecule has 1 fully saturated rings. The summed E-state index contributed by atoms with van der Waals surface area (Å²) in [5.41, 5.74) is 0. The van der Waals surface area contributed by atoms with Crippen LogP contribution < -0.4 is 0 Å². The molecule has 0 saturated carbocycles. The summed E-state index contributed by atoms with van der Waals surface area (Å²) in [4.78, 5) is 10.5. The second kappa shape index (κ2) is 12.9. The number of aliphatic hydroxyl groups excluding tert-OH is 1. The third kappa shape index (κ3) is 10.1. The first-order chi connectivity index (χ1) is 11.1. The number of carboxylic acids is 1. The highest BCUT2D eigenvalue weighted by molar-refractivity contribution is 7.99. The van der Waals surface area contributed by atoms with Gasteiger partial charge < -0.3 is 10.2 Å². The van der Waals surface area contributed by atoms with Crippen molar-refractivity contribution in [2.75, 3.05) is 11.5 Å². The minimum atomic E-state index is -0.681. The maximum atomic E-state index is 10.5. The summed E-state index contributed by atoms with van der Waals surface area (Å²) in [6.45, 7) is 2.18. The summed E-state index contributed by atoms with van der Waals surface area (Å²) >= 11 is 2.03. The molecule has 0 aromatic heterocycles. The van der Waals surface area contributed by atoms with Crippen LogP contribution in [0.4, 0.5) is 0 Å². The van der Waals surface area contributed by atoms with Crippen molar-refractivity contribution in [3.05, 3.63) is 12.2 Å². The monoisotopic (exact) mass is 342 g/mol. The first kappa shape index (κ1) is 20.6. The van der Waals surface area contributed by atoms with Crippen LogP contribution in [-0.2, 0) is 4.79 Å². The Kier molecular flexibility index (Phi) is 11.5. The van der Waals surface area contributed by atoms with Gasteiger partial charge in [-0.15, -0.1) is 0 Å². The molecule has 0 aliphatic carbocycles. The molecule has 3 atom stereocenters. The first-order valence-corrected chi connectivity index (χ1v) is 10.4. The number of thioether (sulfide) groups is 1. The van der Waals surface area contributed by atoms with Crippen molar-refractivity contribution in [1.82, 2.24) is 0 Å². The molecule has 1 aliphatic heterocycles. The van der Waals surface area contributed by atoms with Crippen LogP contribution in [0.1, 0.15) is 71.1 Å². The average Bonchev–Trinajstić information content (AvgIpc) is 2.96. The van der Waals surface area contributed by atoms with Crippen LogP contribution in [0.2, 0.25) is 0 Å². The van der Waals surface area contributed by atoms with Gasteiger partial charge in [-0.05, 0) is 42.6 Å². The highest BCUT2D eigenvalue weighted by Gasteiger charge is 2.25.